The van der Waals surface area contributed by atoms with Gasteiger partial charge in [0, 0.05) is 50.3 Å². The number of piperazine rings is 1. The highest BCUT2D eigenvalue weighted by Gasteiger charge is 2.31. The molecule has 0 aromatic heterocycles. The fourth-order valence-electron chi connectivity index (χ4n) is 5.45. The van der Waals surface area contributed by atoms with Crippen LogP contribution in [0.2, 0.25) is 0 Å². The van der Waals surface area contributed by atoms with Crippen LogP contribution in [0.25, 0.3) is 0 Å². The highest BCUT2D eigenvalue weighted by molar-refractivity contribution is 5.79. The van der Waals surface area contributed by atoms with Gasteiger partial charge >= 0.3 is 0 Å². The summed E-state index contributed by atoms with van der Waals surface area (Å²) in [6.45, 7) is 23.1. The van der Waals surface area contributed by atoms with E-state index in [0.717, 1.165) is 56.1 Å². The Hall–Kier alpha value is -2.27. The summed E-state index contributed by atoms with van der Waals surface area (Å²) in [5.74, 6) is 2.18. The molecule has 1 amide bonds. The van der Waals surface area contributed by atoms with Gasteiger partial charge in [0.2, 0.25) is 5.91 Å². The number of rotatable bonds is 5. The quantitative estimate of drug-likeness (QED) is 0.526. The van der Waals surface area contributed by atoms with Crippen molar-refractivity contribution in [2.45, 2.75) is 90.7 Å². The fourth-order valence-corrected chi connectivity index (χ4v) is 5.45. The first-order chi connectivity index (χ1) is 16.6. The van der Waals surface area contributed by atoms with Gasteiger partial charge in [0.1, 0.15) is 5.60 Å². The number of carbonyl (C=O) groups is 1. The number of benzene rings is 1. The van der Waals surface area contributed by atoms with Gasteiger partial charge in [-0.25, -0.2) is 0 Å². The molecule has 1 aromatic carbocycles. The summed E-state index contributed by atoms with van der Waals surface area (Å²) in [6.07, 6.45) is 7.06. The number of allylic oxidation sites excluding steroid dienone is 1. The molecule has 194 valence electrons. The van der Waals surface area contributed by atoms with E-state index in [1.54, 1.807) is 0 Å². The maximum Gasteiger partial charge on any atom is 0.224 e. The summed E-state index contributed by atoms with van der Waals surface area (Å²) in [7, 11) is 0. The van der Waals surface area contributed by atoms with E-state index < -0.39 is 0 Å². The number of hydrogen-bond acceptors (Lipinski definition) is 4. The maximum atomic E-state index is 11.1. The largest absolute Gasteiger partial charge is 0.474 e. The lowest BCUT2D eigenvalue weighted by atomic mass is 9.88. The second-order valence-electron chi connectivity index (χ2n) is 11.4. The van der Waals surface area contributed by atoms with Crippen molar-refractivity contribution >= 4 is 5.91 Å². The normalized spacial score (nSPS) is 25.5. The Morgan fingerprint density at radius 2 is 1.74 bits per heavy atom. The summed E-state index contributed by atoms with van der Waals surface area (Å²) < 4.78 is 5.89. The van der Waals surface area contributed by atoms with Crippen molar-refractivity contribution in [3.8, 4) is 0 Å². The average Bonchev–Trinajstić information content (AvgIpc) is 3.29. The highest BCUT2D eigenvalue weighted by Crippen LogP contribution is 2.32. The van der Waals surface area contributed by atoms with Gasteiger partial charge in [-0.2, -0.15) is 0 Å². The van der Waals surface area contributed by atoms with Crippen LogP contribution in [0.5, 0.6) is 0 Å². The monoisotopic (exact) mass is 481 g/mol. The molecule has 3 aliphatic rings. The van der Waals surface area contributed by atoms with Crippen LogP contribution in [0.15, 0.2) is 49.0 Å². The van der Waals surface area contributed by atoms with E-state index in [1.165, 1.54) is 36.8 Å². The van der Waals surface area contributed by atoms with Crippen LogP contribution in [0.4, 0.5) is 0 Å². The van der Waals surface area contributed by atoms with Crippen molar-refractivity contribution in [1.29, 1.82) is 0 Å². The molecule has 1 saturated carbocycles. The van der Waals surface area contributed by atoms with E-state index in [-0.39, 0.29) is 17.4 Å². The van der Waals surface area contributed by atoms with Crippen molar-refractivity contribution in [2.24, 2.45) is 5.92 Å². The Morgan fingerprint density at radius 3 is 2.29 bits per heavy atom. The third kappa shape index (κ3) is 8.13. The van der Waals surface area contributed by atoms with Gasteiger partial charge in [0.05, 0.1) is 0 Å². The lowest BCUT2D eigenvalue weighted by Crippen LogP contribution is -2.49. The summed E-state index contributed by atoms with van der Waals surface area (Å²) >= 11 is 0. The molecule has 5 nitrogen and oxygen atoms in total. The lowest BCUT2D eigenvalue weighted by Gasteiger charge is -2.40. The molecule has 1 N–H and O–H groups in total. The van der Waals surface area contributed by atoms with Crippen LogP contribution >= 0.6 is 0 Å². The van der Waals surface area contributed by atoms with Gasteiger partial charge in [-0.15, -0.1) is 0 Å². The molecule has 2 heterocycles. The second kappa shape index (κ2) is 12.1. The van der Waals surface area contributed by atoms with Crippen LogP contribution in [-0.4, -0.2) is 53.5 Å². The number of ether oxygens (including phenoxy) is 1. The smallest absolute Gasteiger partial charge is 0.224 e. The van der Waals surface area contributed by atoms with E-state index in [2.05, 4.69) is 87.2 Å². The van der Waals surface area contributed by atoms with Crippen molar-refractivity contribution in [3.05, 3.63) is 60.1 Å². The molecule has 5 heteroatoms. The molecule has 3 unspecified atom stereocenters. The summed E-state index contributed by atoms with van der Waals surface area (Å²) in [6, 6.07) is 9.25. The number of hydrogen-bond donors (Lipinski definition) is 1. The van der Waals surface area contributed by atoms with Crippen molar-refractivity contribution in [3.63, 3.8) is 0 Å². The SMILES string of the molecule is C=C(OC(C)(C)C)N1CCN(C2CCC(CC)C2)CC1.C=C1NC(=O)CCC1c1ccc(C)cc1. The molecule has 3 atom stereocenters. The van der Waals surface area contributed by atoms with Crippen LogP contribution in [0.3, 0.4) is 0 Å². The Labute approximate surface area is 213 Å². The first-order valence-electron chi connectivity index (χ1n) is 13.5. The molecule has 0 radical (unpaired) electrons. The van der Waals surface area contributed by atoms with E-state index in [4.69, 9.17) is 4.74 Å². The minimum atomic E-state index is -0.145. The zero-order valence-corrected chi connectivity index (χ0v) is 22.7. The zero-order valence-electron chi connectivity index (χ0n) is 22.7. The van der Waals surface area contributed by atoms with E-state index in [9.17, 15) is 4.79 Å². The van der Waals surface area contributed by atoms with Gasteiger partial charge in [0.15, 0.2) is 5.88 Å². The standard InChI is InChI=1S/C17H32N2O.C13H15NO/c1-6-15-7-8-16(13-15)19-11-9-18(10-12-19)14(2)20-17(3,4)5;1-9-3-5-11(6-4-9)12-7-8-13(15)14-10(12)2/h15-16H,2,6-13H2,1,3-5H3;3-6,12H,2,7-8H2,1H3,(H,14,15). The molecule has 1 aromatic rings. The number of amides is 1. The minimum absolute atomic E-state index is 0.0864. The fraction of sp³-hybridized carbons (Fsp3) is 0.633. The molecule has 3 fully saturated rings. The summed E-state index contributed by atoms with van der Waals surface area (Å²) in [5.41, 5.74) is 3.18. The van der Waals surface area contributed by atoms with Gasteiger partial charge in [-0.3, -0.25) is 9.69 Å². The van der Waals surface area contributed by atoms with E-state index >= 15 is 0 Å². The number of aryl methyl sites for hydroxylation is 1. The van der Waals surface area contributed by atoms with Crippen LogP contribution in [0, 0.1) is 12.8 Å². The molecule has 0 spiro atoms. The first-order valence-corrected chi connectivity index (χ1v) is 13.5. The summed E-state index contributed by atoms with van der Waals surface area (Å²) in [4.78, 5) is 16.1. The minimum Gasteiger partial charge on any atom is -0.474 e. The Kier molecular flexibility index (Phi) is 9.46. The van der Waals surface area contributed by atoms with Gasteiger partial charge in [-0.05, 0) is 71.4 Å². The molecule has 2 aliphatic heterocycles. The number of nitrogens with zero attached hydrogens (tertiary/aromatic N) is 2. The van der Waals surface area contributed by atoms with Gasteiger partial charge < -0.3 is 15.0 Å². The third-order valence-corrected chi connectivity index (χ3v) is 7.56. The molecule has 4 rings (SSSR count). The number of piperidine rings is 1. The van der Waals surface area contributed by atoms with Gasteiger partial charge in [-0.1, -0.05) is 49.8 Å². The molecule has 2 saturated heterocycles. The Balaban J connectivity index is 0.000000203. The second-order valence-corrected chi connectivity index (χ2v) is 11.4. The first kappa shape index (κ1) is 27.3. The van der Waals surface area contributed by atoms with E-state index in [1.807, 2.05) is 0 Å². The van der Waals surface area contributed by atoms with Crippen molar-refractivity contribution in [2.75, 3.05) is 26.2 Å². The third-order valence-electron chi connectivity index (χ3n) is 7.56. The van der Waals surface area contributed by atoms with Crippen LogP contribution in [-0.2, 0) is 9.53 Å². The van der Waals surface area contributed by atoms with Crippen molar-refractivity contribution in [1.82, 2.24) is 15.1 Å². The van der Waals surface area contributed by atoms with E-state index in [0.29, 0.717) is 6.42 Å². The molecule has 0 bridgehead atoms. The van der Waals surface area contributed by atoms with Crippen LogP contribution < -0.4 is 5.32 Å². The van der Waals surface area contributed by atoms with Gasteiger partial charge in [0.25, 0.3) is 0 Å². The predicted octanol–water partition coefficient (Wildman–Crippen LogP) is 5.97. The highest BCUT2D eigenvalue weighted by atomic mass is 16.5. The topological polar surface area (TPSA) is 44.8 Å². The lowest BCUT2D eigenvalue weighted by molar-refractivity contribution is -0.121. The average molecular weight is 482 g/mol. The Bertz CT molecular complexity index is 863. The predicted molar refractivity (Wildman–Crippen MR) is 145 cm³/mol. The van der Waals surface area contributed by atoms with Crippen molar-refractivity contribution < 1.29 is 9.53 Å². The Morgan fingerprint density at radius 1 is 1.09 bits per heavy atom. The molecule has 35 heavy (non-hydrogen) atoms. The molecule has 1 aliphatic carbocycles. The number of nitrogens with one attached hydrogen (secondary N) is 1. The molecular formula is C30H47N3O2. The maximum absolute atomic E-state index is 11.1. The number of carbonyl (C=O) groups excluding carboxylic acids is 1. The van der Waals surface area contributed by atoms with Crippen LogP contribution in [0.1, 0.15) is 83.3 Å². The zero-order chi connectivity index (χ0) is 25.6. The summed E-state index contributed by atoms with van der Waals surface area (Å²) in [5, 5.41) is 2.81. The molecular weight excluding hydrogens is 434 g/mol.